The highest BCUT2D eigenvalue weighted by Crippen LogP contribution is 2.23. The Morgan fingerprint density at radius 3 is 2.62 bits per heavy atom. The van der Waals surface area contributed by atoms with Crippen LogP contribution >= 0.6 is 0 Å². The van der Waals surface area contributed by atoms with Gasteiger partial charge in [0.15, 0.2) is 6.61 Å². The van der Waals surface area contributed by atoms with Crippen molar-refractivity contribution in [2.24, 2.45) is 0 Å². The number of rotatable bonds is 9. The number of likely N-dealkylation sites (tertiary alicyclic amines) is 1. The summed E-state index contributed by atoms with van der Waals surface area (Å²) in [5, 5.41) is 22.2. The predicted octanol–water partition coefficient (Wildman–Crippen LogP) is 1.83. The van der Waals surface area contributed by atoms with Crippen LogP contribution < -0.4 is 10.1 Å². The molecule has 162 valence electrons. The first-order valence-electron chi connectivity index (χ1n) is 9.65. The summed E-state index contributed by atoms with van der Waals surface area (Å²) >= 11 is 0. The normalized spacial score (nSPS) is 14.7. The molecule has 1 aliphatic heterocycles. The Bertz CT molecular complexity index is 645. The maximum absolute atomic E-state index is 12.7. The Balaban J connectivity index is 0.00000132. The van der Waals surface area contributed by atoms with E-state index in [-0.39, 0.29) is 23.6 Å². The third-order valence-corrected chi connectivity index (χ3v) is 4.32. The summed E-state index contributed by atoms with van der Waals surface area (Å²) in [7, 11) is 0. The average molecular weight is 410 g/mol. The lowest BCUT2D eigenvalue weighted by molar-refractivity contribution is -0.898. The van der Waals surface area contributed by atoms with Crippen LogP contribution in [0.15, 0.2) is 24.3 Å². The van der Waals surface area contributed by atoms with Gasteiger partial charge in [-0.25, -0.2) is 0 Å². The molecule has 29 heavy (non-hydrogen) atoms. The summed E-state index contributed by atoms with van der Waals surface area (Å²) < 4.78 is 10.2. The third kappa shape index (κ3) is 11.1. The molecule has 1 aromatic rings. The Labute approximate surface area is 170 Å². The van der Waals surface area contributed by atoms with Gasteiger partial charge in [-0.2, -0.15) is 0 Å². The lowest BCUT2D eigenvalue weighted by atomic mass is 10.1. The van der Waals surface area contributed by atoms with E-state index in [9.17, 15) is 14.8 Å². The van der Waals surface area contributed by atoms with E-state index in [0.717, 1.165) is 30.6 Å². The standard InChI is InChI=1S/C19H28N2O5.CH2O2/c1-16(22)26-15-19(23)20-9-6-12-25-18-8-5-7-17(13-18)14-21(24)10-3-2-4-11-21;2-1-3/h5,7-8,13H,2-4,6,9-12,14-15H2,1H3,(H,20,23);1H,(H,2,3). The number of benzene rings is 1. The number of hydrogen-bond acceptors (Lipinski definition) is 6. The molecule has 2 N–H and O–H groups in total. The van der Waals surface area contributed by atoms with Crippen molar-refractivity contribution >= 4 is 18.3 Å². The van der Waals surface area contributed by atoms with Gasteiger partial charge in [0.1, 0.15) is 12.3 Å². The second kappa shape index (κ2) is 13.5. The lowest BCUT2D eigenvalue weighted by Gasteiger charge is -2.45. The summed E-state index contributed by atoms with van der Waals surface area (Å²) in [5.74, 6) is -0.0689. The van der Waals surface area contributed by atoms with E-state index in [2.05, 4.69) is 10.1 Å². The molecule has 0 aromatic heterocycles. The Kier molecular flexibility index (Phi) is 11.4. The highest BCUT2D eigenvalue weighted by Gasteiger charge is 2.21. The summed E-state index contributed by atoms with van der Waals surface area (Å²) in [6, 6.07) is 7.66. The number of esters is 1. The van der Waals surface area contributed by atoms with Gasteiger partial charge < -0.3 is 29.8 Å². The largest absolute Gasteiger partial charge is 0.633 e. The number of carboxylic acid groups (broad SMARTS) is 1. The van der Waals surface area contributed by atoms with E-state index in [1.165, 1.54) is 6.92 Å². The van der Waals surface area contributed by atoms with Gasteiger partial charge in [0.05, 0.1) is 19.7 Å². The van der Waals surface area contributed by atoms with E-state index in [1.807, 2.05) is 24.3 Å². The number of hydroxylamine groups is 3. The average Bonchev–Trinajstić information content (AvgIpc) is 2.67. The fourth-order valence-corrected chi connectivity index (χ4v) is 3.02. The molecule has 0 bridgehead atoms. The molecule has 0 spiro atoms. The van der Waals surface area contributed by atoms with Gasteiger partial charge in [-0.15, -0.1) is 0 Å². The van der Waals surface area contributed by atoms with E-state index in [4.69, 9.17) is 14.6 Å². The monoisotopic (exact) mass is 410 g/mol. The molecule has 0 radical (unpaired) electrons. The Morgan fingerprint density at radius 1 is 1.28 bits per heavy atom. The predicted molar refractivity (Wildman–Crippen MR) is 106 cm³/mol. The van der Waals surface area contributed by atoms with Gasteiger partial charge in [-0.05, 0) is 37.8 Å². The van der Waals surface area contributed by atoms with Crippen molar-refractivity contribution in [2.45, 2.75) is 39.2 Å². The number of carbonyl (C=O) groups excluding carboxylic acids is 2. The number of hydrogen-bond donors (Lipinski definition) is 2. The minimum absolute atomic E-state index is 0.141. The number of nitrogens with zero attached hydrogens (tertiary/aromatic N) is 1. The van der Waals surface area contributed by atoms with E-state index < -0.39 is 5.97 Å². The van der Waals surface area contributed by atoms with Gasteiger partial charge in [-0.1, -0.05) is 12.1 Å². The van der Waals surface area contributed by atoms with E-state index in [0.29, 0.717) is 39.2 Å². The van der Waals surface area contributed by atoms with Crippen LogP contribution in [-0.2, 0) is 25.7 Å². The second-order valence-electron chi connectivity index (χ2n) is 6.81. The Morgan fingerprint density at radius 2 is 1.97 bits per heavy atom. The van der Waals surface area contributed by atoms with Gasteiger partial charge in [0, 0.05) is 19.0 Å². The van der Waals surface area contributed by atoms with Crippen molar-refractivity contribution in [2.75, 3.05) is 32.8 Å². The number of quaternary nitrogens is 1. The van der Waals surface area contributed by atoms with Crippen LogP contribution in [0.3, 0.4) is 0 Å². The van der Waals surface area contributed by atoms with Crippen LogP contribution in [0.25, 0.3) is 0 Å². The molecule has 1 fully saturated rings. The van der Waals surface area contributed by atoms with E-state index >= 15 is 0 Å². The molecule has 1 aromatic carbocycles. The lowest BCUT2D eigenvalue weighted by Crippen LogP contribution is -2.45. The van der Waals surface area contributed by atoms with Crippen LogP contribution in [-0.4, -0.2) is 60.9 Å². The van der Waals surface area contributed by atoms with Crippen molar-refractivity contribution < 1.29 is 33.6 Å². The van der Waals surface area contributed by atoms with Crippen molar-refractivity contribution in [3.05, 3.63) is 35.0 Å². The Hall–Kier alpha value is -2.65. The maximum atomic E-state index is 12.7. The number of piperidine rings is 1. The van der Waals surface area contributed by atoms with Crippen LogP contribution in [0.1, 0.15) is 38.2 Å². The summed E-state index contributed by atoms with van der Waals surface area (Å²) in [6.07, 6.45) is 3.80. The zero-order valence-electron chi connectivity index (χ0n) is 16.8. The van der Waals surface area contributed by atoms with Crippen molar-refractivity contribution in [3.63, 3.8) is 0 Å². The molecule has 0 saturated carbocycles. The third-order valence-electron chi connectivity index (χ3n) is 4.32. The number of carbonyl (C=O) groups is 3. The minimum atomic E-state index is -0.477. The van der Waals surface area contributed by atoms with Crippen LogP contribution in [0.2, 0.25) is 0 Å². The second-order valence-corrected chi connectivity index (χ2v) is 6.81. The van der Waals surface area contributed by atoms with Gasteiger partial charge in [-0.3, -0.25) is 14.4 Å². The molecule has 9 nitrogen and oxygen atoms in total. The van der Waals surface area contributed by atoms with Crippen LogP contribution in [0.5, 0.6) is 5.75 Å². The minimum Gasteiger partial charge on any atom is -0.633 e. The molecule has 0 atom stereocenters. The van der Waals surface area contributed by atoms with Crippen LogP contribution in [0, 0.1) is 5.21 Å². The van der Waals surface area contributed by atoms with Crippen molar-refractivity contribution in [3.8, 4) is 5.75 Å². The molecule has 0 unspecified atom stereocenters. The van der Waals surface area contributed by atoms with Crippen molar-refractivity contribution in [1.82, 2.24) is 5.32 Å². The van der Waals surface area contributed by atoms with E-state index in [1.54, 1.807) is 0 Å². The topological polar surface area (TPSA) is 125 Å². The van der Waals surface area contributed by atoms with Gasteiger partial charge in [0.2, 0.25) is 0 Å². The zero-order chi connectivity index (χ0) is 21.5. The number of amides is 1. The molecule has 2 rings (SSSR count). The zero-order valence-corrected chi connectivity index (χ0v) is 16.8. The van der Waals surface area contributed by atoms with Crippen molar-refractivity contribution in [1.29, 1.82) is 0 Å². The molecular formula is C20H30N2O7. The van der Waals surface area contributed by atoms with Gasteiger partial charge >= 0.3 is 5.97 Å². The smallest absolute Gasteiger partial charge is 0.303 e. The first-order valence-corrected chi connectivity index (χ1v) is 9.65. The maximum Gasteiger partial charge on any atom is 0.303 e. The highest BCUT2D eigenvalue weighted by atomic mass is 16.5. The first kappa shape index (κ1) is 24.4. The quantitative estimate of drug-likeness (QED) is 0.209. The number of ether oxygens (including phenoxy) is 2. The molecular weight excluding hydrogens is 380 g/mol. The fraction of sp³-hybridized carbons (Fsp3) is 0.550. The summed E-state index contributed by atoms with van der Waals surface area (Å²) in [5.41, 5.74) is 0.995. The SMILES string of the molecule is CC(=O)OCC(=O)NCCCOc1cccc(C[N+]2([O-])CCCCC2)c1.O=CO. The summed E-state index contributed by atoms with van der Waals surface area (Å²) in [4.78, 5) is 30.4. The fourth-order valence-electron chi connectivity index (χ4n) is 3.02. The number of nitrogens with one attached hydrogen (secondary N) is 1. The highest BCUT2D eigenvalue weighted by molar-refractivity contribution is 5.79. The molecule has 1 amide bonds. The molecule has 1 heterocycles. The molecule has 1 saturated heterocycles. The van der Waals surface area contributed by atoms with Crippen LogP contribution in [0.4, 0.5) is 0 Å². The first-order chi connectivity index (χ1) is 13.9. The molecule has 0 aliphatic carbocycles. The molecule has 1 aliphatic rings. The molecule has 9 heteroatoms. The summed E-state index contributed by atoms with van der Waals surface area (Å²) in [6.45, 7) is 3.53. The van der Waals surface area contributed by atoms with Gasteiger partial charge in [0.25, 0.3) is 12.4 Å².